The average Bonchev–Trinajstić information content (AvgIpc) is 2.71. The lowest BCUT2D eigenvalue weighted by Crippen LogP contribution is -2.13. The molecule has 0 spiro atoms. The Morgan fingerprint density at radius 3 is 2.29 bits per heavy atom. The summed E-state index contributed by atoms with van der Waals surface area (Å²) in [5, 5.41) is 15.4. The Morgan fingerprint density at radius 1 is 1.03 bits per heavy atom. The second-order valence-corrected chi connectivity index (χ2v) is 8.17. The second kappa shape index (κ2) is 9.06. The van der Waals surface area contributed by atoms with Crippen LogP contribution in [0.4, 0.5) is 25.8 Å². The lowest BCUT2D eigenvalue weighted by molar-refractivity contribution is -0.384. The molecule has 0 fully saturated rings. The minimum Gasteiger partial charge on any atom is -0.280 e. The third-order valence-electron chi connectivity index (χ3n) is 3.95. The fourth-order valence-corrected chi connectivity index (χ4v) is 3.66. The van der Waals surface area contributed by atoms with Gasteiger partial charge in [0.25, 0.3) is 15.7 Å². The molecule has 0 saturated carbocycles. The van der Waals surface area contributed by atoms with Gasteiger partial charge in [0.05, 0.1) is 21.6 Å². The minimum absolute atomic E-state index is 0.177. The Labute approximate surface area is 180 Å². The van der Waals surface area contributed by atoms with Crippen LogP contribution in [0.2, 0.25) is 5.02 Å². The van der Waals surface area contributed by atoms with E-state index in [4.69, 9.17) is 11.6 Å². The van der Waals surface area contributed by atoms with Crippen LogP contribution in [-0.2, 0) is 10.0 Å². The molecule has 0 bridgehead atoms. The van der Waals surface area contributed by atoms with E-state index in [1.165, 1.54) is 30.3 Å². The van der Waals surface area contributed by atoms with E-state index in [0.717, 1.165) is 36.5 Å². The van der Waals surface area contributed by atoms with Crippen molar-refractivity contribution in [3.8, 4) is 0 Å². The summed E-state index contributed by atoms with van der Waals surface area (Å²) in [6.07, 6.45) is 0.821. The third-order valence-corrected chi connectivity index (χ3v) is 5.58. The third kappa shape index (κ3) is 5.32. The number of hydrogen-bond acceptors (Lipinski definition) is 6. The van der Waals surface area contributed by atoms with E-state index in [-0.39, 0.29) is 16.3 Å². The Hall–Kier alpha value is -3.57. The zero-order valence-corrected chi connectivity index (χ0v) is 17.0. The van der Waals surface area contributed by atoms with Crippen LogP contribution in [-0.4, -0.2) is 19.6 Å². The molecule has 0 radical (unpaired) electrons. The van der Waals surface area contributed by atoms with E-state index < -0.39 is 37.8 Å². The van der Waals surface area contributed by atoms with E-state index in [1.807, 2.05) is 0 Å². The maximum absolute atomic E-state index is 13.6. The van der Waals surface area contributed by atoms with Gasteiger partial charge in [-0.2, -0.15) is 5.10 Å². The van der Waals surface area contributed by atoms with Crippen LogP contribution in [0, 0.1) is 21.7 Å². The van der Waals surface area contributed by atoms with Gasteiger partial charge in [0, 0.05) is 16.8 Å². The quantitative estimate of drug-likeness (QED) is 0.295. The minimum atomic E-state index is -4.14. The van der Waals surface area contributed by atoms with Crippen molar-refractivity contribution in [2.45, 2.75) is 4.90 Å². The summed E-state index contributed by atoms with van der Waals surface area (Å²) < 4.78 is 54.6. The Bertz CT molecular complexity index is 1250. The monoisotopic (exact) mass is 466 g/mol. The van der Waals surface area contributed by atoms with Crippen LogP contribution in [0.3, 0.4) is 0 Å². The molecule has 12 heteroatoms. The molecular weight excluding hydrogens is 454 g/mol. The summed E-state index contributed by atoms with van der Waals surface area (Å²) in [6, 6.07) is 12.1. The molecule has 0 aliphatic rings. The van der Waals surface area contributed by atoms with Gasteiger partial charge in [-0.3, -0.25) is 20.3 Å². The van der Waals surface area contributed by atoms with Crippen LogP contribution in [0.25, 0.3) is 0 Å². The van der Waals surface area contributed by atoms with Gasteiger partial charge in [-0.05, 0) is 48.5 Å². The molecule has 31 heavy (non-hydrogen) atoms. The first kappa shape index (κ1) is 22.1. The predicted octanol–water partition coefficient (Wildman–Crippen LogP) is 4.77. The van der Waals surface area contributed by atoms with Gasteiger partial charge in [-0.25, -0.2) is 17.2 Å². The molecule has 0 saturated heterocycles. The van der Waals surface area contributed by atoms with Crippen molar-refractivity contribution in [2.75, 3.05) is 10.1 Å². The van der Waals surface area contributed by atoms with Crippen LogP contribution >= 0.6 is 11.6 Å². The number of sulfonamides is 1. The summed E-state index contributed by atoms with van der Waals surface area (Å²) in [5.41, 5.74) is 1.29. The van der Waals surface area contributed by atoms with Crippen LogP contribution in [0.5, 0.6) is 0 Å². The highest BCUT2D eigenvalue weighted by molar-refractivity contribution is 7.92. The number of anilines is 2. The van der Waals surface area contributed by atoms with Crippen molar-refractivity contribution in [1.82, 2.24) is 0 Å². The van der Waals surface area contributed by atoms with E-state index in [2.05, 4.69) is 15.2 Å². The molecule has 3 aromatic carbocycles. The second-order valence-electron chi connectivity index (χ2n) is 6.05. The lowest BCUT2D eigenvalue weighted by Gasteiger charge is -2.09. The highest BCUT2D eigenvalue weighted by atomic mass is 35.5. The normalized spacial score (nSPS) is 11.5. The van der Waals surface area contributed by atoms with Gasteiger partial charge < -0.3 is 0 Å². The molecule has 8 nitrogen and oxygen atoms in total. The molecule has 2 N–H and O–H groups in total. The number of benzene rings is 3. The van der Waals surface area contributed by atoms with Gasteiger partial charge in [0.2, 0.25) is 0 Å². The molecule has 0 aliphatic heterocycles. The zero-order valence-electron chi connectivity index (χ0n) is 15.4. The fraction of sp³-hybridized carbons (Fsp3) is 0. The number of rotatable bonds is 7. The first-order chi connectivity index (χ1) is 14.7. The highest BCUT2D eigenvalue weighted by Crippen LogP contribution is 2.29. The SMILES string of the molecule is O=[N+]([O-])c1cc(S(=O)(=O)Nc2ccc(Cl)cc2)ccc1N/N=C\c1c(F)cccc1F. The Balaban J connectivity index is 1.86. The topological polar surface area (TPSA) is 114 Å². The maximum atomic E-state index is 13.6. The smallest absolute Gasteiger partial charge is 0.280 e. The van der Waals surface area contributed by atoms with Gasteiger partial charge in [-0.15, -0.1) is 0 Å². The molecule has 0 aliphatic carbocycles. The number of nitrogens with zero attached hydrogens (tertiary/aromatic N) is 2. The summed E-state index contributed by atoms with van der Waals surface area (Å²) in [6.45, 7) is 0. The maximum Gasteiger partial charge on any atom is 0.295 e. The molecule has 0 atom stereocenters. The van der Waals surface area contributed by atoms with Gasteiger partial charge in [-0.1, -0.05) is 17.7 Å². The van der Waals surface area contributed by atoms with Crippen molar-refractivity contribution in [3.63, 3.8) is 0 Å². The predicted molar refractivity (Wildman–Crippen MR) is 113 cm³/mol. The van der Waals surface area contributed by atoms with Crippen LogP contribution in [0.15, 0.2) is 70.7 Å². The molecule has 0 aromatic heterocycles. The van der Waals surface area contributed by atoms with E-state index in [1.54, 1.807) is 0 Å². The number of nitrogens with one attached hydrogen (secondary N) is 2. The molecular formula is C19H13ClF2N4O4S. The molecule has 0 heterocycles. The molecule has 3 rings (SSSR count). The van der Waals surface area contributed by atoms with Gasteiger partial charge in [0.15, 0.2) is 0 Å². The van der Waals surface area contributed by atoms with Crippen molar-refractivity contribution in [3.05, 3.63) is 93.0 Å². The first-order valence-electron chi connectivity index (χ1n) is 8.47. The number of halogens is 3. The fourth-order valence-electron chi connectivity index (χ4n) is 2.46. The highest BCUT2D eigenvalue weighted by Gasteiger charge is 2.21. The molecule has 0 amide bonds. The van der Waals surface area contributed by atoms with Gasteiger partial charge in [0.1, 0.15) is 17.3 Å². The van der Waals surface area contributed by atoms with E-state index in [0.29, 0.717) is 5.02 Å². The largest absolute Gasteiger partial charge is 0.295 e. The van der Waals surface area contributed by atoms with Gasteiger partial charge >= 0.3 is 0 Å². The summed E-state index contributed by atoms with van der Waals surface area (Å²) in [5.74, 6) is -1.73. The number of hydrogen-bond donors (Lipinski definition) is 2. The Kier molecular flexibility index (Phi) is 6.47. The van der Waals surface area contributed by atoms with Crippen molar-refractivity contribution < 1.29 is 22.1 Å². The number of nitro groups is 1. The summed E-state index contributed by atoms with van der Waals surface area (Å²) >= 11 is 5.76. The van der Waals surface area contributed by atoms with Crippen molar-refractivity contribution >= 4 is 44.9 Å². The zero-order chi connectivity index (χ0) is 22.6. The standard InChI is InChI=1S/C19H13ClF2N4O4S/c20-12-4-6-13(7-5-12)25-31(29,30)14-8-9-18(19(10-14)26(27)28)24-23-11-15-16(21)2-1-3-17(15)22/h1-11,24-25H/b23-11-. The lowest BCUT2D eigenvalue weighted by atomic mass is 10.2. The number of nitro benzene ring substituents is 1. The molecule has 3 aromatic rings. The average molecular weight is 467 g/mol. The number of hydrazone groups is 1. The van der Waals surface area contributed by atoms with E-state index >= 15 is 0 Å². The van der Waals surface area contributed by atoms with Crippen LogP contribution in [0.1, 0.15) is 5.56 Å². The Morgan fingerprint density at radius 2 is 1.68 bits per heavy atom. The molecule has 0 unspecified atom stereocenters. The first-order valence-corrected chi connectivity index (χ1v) is 10.3. The summed E-state index contributed by atoms with van der Waals surface area (Å²) in [4.78, 5) is 10.2. The summed E-state index contributed by atoms with van der Waals surface area (Å²) in [7, 11) is -4.14. The van der Waals surface area contributed by atoms with Crippen molar-refractivity contribution in [1.29, 1.82) is 0 Å². The molecule has 160 valence electrons. The van der Waals surface area contributed by atoms with Crippen molar-refractivity contribution in [2.24, 2.45) is 5.10 Å². The van der Waals surface area contributed by atoms with Crippen LogP contribution < -0.4 is 10.1 Å². The van der Waals surface area contributed by atoms with E-state index in [9.17, 15) is 27.3 Å².